The lowest BCUT2D eigenvalue weighted by Crippen LogP contribution is -2.23. The second-order valence-electron chi connectivity index (χ2n) is 6.18. The van der Waals surface area contributed by atoms with E-state index in [1.165, 1.54) is 0 Å². The molecule has 3 heteroatoms. The molecule has 1 aromatic heterocycles. The van der Waals surface area contributed by atoms with Crippen LogP contribution in [0.3, 0.4) is 0 Å². The van der Waals surface area contributed by atoms with E-state index in [9.17, 15) is 5.11 Å². The number of rotatable bonds is 4. The van der Waals surface area contributed by atoms with Gasteiger partial charge in [-0.25, -0.2) is 4.68 Å². The van der Waals surface area contributed by atoms with Gasteiger partial charge in [-0.15, -0.1) is 0 Å². The van der Waals surface area contributed by atoms with Gasteiger partial charge in [-0.3, -0.25) is 0 Å². The highest BCUT2D eigenvalue weighted by molar-refractivity contribution is 5.32. The van der Waals surface area contributed by atoms with Gasteiger partial charge in [-0.1, -0.05) is 27.2 Å². The van der Waals surface area contributed by atoms with Crippen LogP contribution in [0.4, 0.5) is 0 Å². The number of hydrogen-bond acceptors (Lipinski definition) is 2. The topological polar surface area (TPSA) is 38.0 Å². The van der Waals surface area contributed by atoms with Gasteiger partial charge in [0.05, 0.1) is 11.2 Å². The molecule has 0 bridgehead atoms. The quantitative estimate of drug-likeness (QED) is 0.872. The molecule has 98 valence electrons. The summed E-state index contributed by atoms with van der Waals surface area (Å²) in [7, 11) is 0. The Bertz CT molecular complexity index is 372. The molecule has 1 aromatic rings. The Labute approximate surface area is 105 Å². The minimum Gasteiger partial charge on any atom is -0.493 e. The van der Waals surface area contributed by atoms with Crippen molar-refractivity contribution in [1.29, 1.82) is 0 Å². The van der Waals surface area contributed by atoms with Gasteiger partial charge in [0.15, 0.2) is 0 Å². The van der Waals surface area contributed by atoms with E-state index in [0.717, 1.165) is 30.5 Å². The maximum absolute atomic E-state index is 10.3. The second kappa shape index (κ2) is 5.11. The van der Waals surface area contributed by atoms with Crippen LogP contribution < -0.4 is 0 Å². The zero-order chi connectivity index (χ0) is 13.2. The molecule has 17 heavy (non-hydrogen) atoms. The number of hydrogen-bond donors (Lipinski definition) is 1. The van der Waals surface area contributed by atoms with E-state index in [1.807, 2.05) is 0 Å². The maximum Gasteiger partial charge on any atom is 0.213 e. The molecular weight excluding hydrogens is 212 g/mol. The van der Waals surface area contributed by atoms with Crippen LogP contribution in [-0.2, 0) is 18.4 Å². The minimum atomic E-state index is -0.165. The molecule has 0 saturated carbocycles. The van der Waals surface area contributed by atoms with Crippen molar-refractivity contribution in [2.24, 2.45) is 5.92 Å². The van der Waals surface area contributed by atoms with Gasteiger partial charge in [0, 0.05) is 5.56 Å². The minimum absolute atomic E-state index is 0.165. The molecule has 0 unspecified atom stereocenters. The van der Waals surface area contributed by atoms with Gasteiger partial charge in [0.2, 0.25) is 5.88 Å². The molecule has 1 heterocycles. The van der Waals surface area contributed by atoms with Crippen LogP contribution in [0.15, 0.2) is 0 Å². The smallest absolute Gasteiger partial charge is 0.213 e. The van der Waals surface area contributed by atoms with Crippen molar-refractivity contribution in [2.75, 3.05) is 0 Å². The monoisotopic (exact) mass is 238 g/mol. The Kier molecular flexibility index (Phi) is 4.23. The van der Waals surface area contributed by atoms with Crippen LogP contribution in [0.25, 0.3) is 0 Å². The number of aromatic nitrogens is 2. The fourth-order valence-electron chi connectivity index (χ4n) is 2.01. The molecule has 1 rings (SSSR count). The molecule has 0 aromatic carbocycles. The summed E-state index contributed by atoms with van der Waals surface area (Å²) in [5, 5.41) is 14.9. The van der Waals surface area contributed by atoms with Crippen LogP contribution in [0.5, 0.6) is 5.88 Å². The molecule has 0 fully saturated rings. The van der Waals surface area contributed by atoms with Gasteiger partial charge < -0.3 is 5.11 Å². The van der Waals surface area contributed by atoms with E-state index >= 15 is 0 Å². The summed E-state index contributed by atoms with van der Waals surface area (Å²) in [5.41, 5.74) is 1.94. The number of nitrogens with zero attached hydrogens (tertiary/aromatic N) is 2. The first-order chi connectivity index (χ1) is 7.77. The largest absolute Gasteiger partial charge is 0.493 e. The average molecular weight is 238 g/mol. The summed E-state index contributed by atoms with van der Waals surface area (Å²) in [6.07, 6.45) is 2.88. The first-order valence-corrected chi connectivity index (χ1v) is 6.57. The van der Waals surface area contributed by atoms with Crippen molar-refractivity contribution in [3.8, 4) is 5.88 Å². The SMILES string of the molecule is CCCc1c(CC(C)C)nn(C(C)(C)C)c1O. The molecule has 0 amide bonds. The van der Waals surface area contributed by atoms with Crippen molar-refractivity contribution >= 4 is 0 Å². The lowest BCUT2D eigenvalue weighted by molar-refractivity contribution is 0.292. The summed E-state index contributed by atoms with van der Waals surface area (Å²) < 4.78 is 1.76. The standard InChI is InChI=1S/C14H26N2O/c1-7-8-11-12(9-10(2)3)15-16(13(11)17)14(4,5)6/h10,17H,7-9H2,1-6H3. The van der Waals surface area contributed by atoms with Crippen molar-refractivity contribution in [1.82, 2.24) is 9.78 Å². The fourth-order valence-corrected chi connectivity index (χ4v) is 2.01. The Morgan fingerprint density at radius 1 is 1.29 bits per heavy atom. The first-order valence-electron chi connectivity index (χ1n) is 6.57. The Morgan fingerprint density at radius 2 is 1.88 bits per heavy atom. The summed E-state index contributed by atoms with van der Waals surface area (Å²) in [6.45, 7) is 12.7. The Morgan fingerprint density at radius 3 is 2.29 bits per heavy atom. The van der Waals surface area contributed by atoms with Crippen molar-refractivity contribution in [3.63, 3.8) is 0 Å². The van der Waals surface area contributed by atoms with E-state index < -0.39 is 0 Å². The van der Waals surface area contributed by atoms with E-state index in [1.54, 1.807) is 4.68 Å². The van der Waals surface area contributed by atoms with E-state index in [4.69, 9.17) is 0 Å². The van der Waals surface area contributed by atoms with E-state index in [0.29, 0.717) is 11.8 Å². The normalized spacial score (nSPS) is 12.4. The van der Waals surface area contributed by atoms with Crippen molar-refractivity contribution in [3.05, 3.63) is 11.3 Å². The average Bonchev–Trinajstić information content (AvgIpc) is 2.45. The van der Waals surface area contributed by atoms with Gasteiger partial charge in [0.1, 0.15) is 0 Å². The van der Waals surface area contributed by atoms with Gasteiger partial charge in [0.25, 0.3) is 0 Å². The molecule has 0 atom stereocenters. The molecule has 0 aliphatic carbocycles. The van der Waals surface area contributed by atoms with Crippen LogP contribution in [-0.4, -0.2) is 14.9 Å². The van der Waals surface area contributed by atoms with Crippen LogP contribution in [0.1, 0.15) is 59.2 Å². The summed E-state index contributed by atoms with van der Waals surface area (Å²) in [5.74, 6) is 0.920. The summed E-state index contributed by atoms with van der Waals surface area (Å²) in [4.78, 5) is 0. The van der Waals surface area contributed by atoms with Crippen molar-refractivity contribution < 1.29 is 5.11 Å². The molecule has 1 N–H and O–H groups in total. The van der Waals surface area contributed by atoms with Crippen LogP contribution >= 0.6 is 0 Å². The molecular formula is C14H26N2O. The third kappa shape index (κ3) is 3.24. The molecule has 0 spiro atoms. The van der Waals surface area contributed by atoms with E-state index in [2.05, 4.69) is 46.6 Å². The summed E-state index contributed by atoms with van der Waals surface area (Å²) >= 11 is 0. The van der Waals surface area contributed by atoms with Crippen LogP contribution in [0, 0.1) is 5.92 Å². The molecule has 0 aliphatic rings. The predicted molar refractivity (Wildman–Crippen MR) is 71.4 cm³/mol. The molecule has 3 nitrogen and oxygen atoms in total. The second-order valence-corrected chi connectivity index (χ2v) is 6.18. The predicted octanol–water partition coefficient (Wildman–Crippen LogP) is 3.49. The van der Waals surface area contributed by atoms with Crippen molar-refractivity contribution in [2.45, 2.75) is 66.3 Å². The highest BCUT2D eigenvalue weighted by Gasteiger charge is 2.24. The third-order valence-electron chi connectivity index (χ3n) is 2.78. The van der Waals surface area contributed by atoms with Gasteiger partial charge in [-0.05, 0) is 39.5 Å². The third-order valence-corrected chi connectivity index (χ3v) is 2.78. The fraction of sp³-hybridized carbons (Fsp3) is 0.786. The summed E-state index contributed by atoms with van der Waals surface area (Å²) in [6, 6.07) is 0. The highest BCUT2D eigenvalue weighted by Crippen LogP contribution is 2.29. The zero-order valence-corrected chi connectivity index (χ0v) is 12.0. The Hall–Kier alpha value is -0.990. The lowest BCUT2D eigenvalue weighted by atomic mass is 10.0. The molecule has 0 aliphatic heterocycles. The molecule has 0 saturated heterocycles. The highest BCUT2D eigenvalue weighted by atomic mass is 16.3. The first kappa shape index (κ1) is 14.1. The zero-order valence-electron chi connectivity index (χ0n) is 12.0. The molecule has 0 radical (unpaired) electrons. The lowest BCUT2D eigenvalue weighted by Gasteiger charge is -2.20. The maximum atomic E-state index is 10.3. The Balaban J connectivity index is 3.19. The van der Waals surface area contributed by atoms with Gasteiger partial charge in [-0.2, -0.15) is 5.10 Å². The van der Waals surface area contributed by atoms with Crippen LogP contribution in [0.2, 0.25) is 0 Å². The van der Waals surface area contributed by atoms with E-state index in [-0.39, 0.29) is 5.54 Å². The van der Waals surface area contributed by atoms with Gasteiger partial charge >= 0.3 is 0 Å². The number of aromatic hydroxyl groups is 1.